The van der Waals surface area contributed by atoms with Gasteiger partial charge in [0.25, 0.3) is 5.91 Å². The van der Waals surface area contributed by atoms with Crippen molar-refractivity contribution in [2.45, 2.75) is 0 Å². The molecule has 0 radical (unpaired) electrons. The molecule has 1 aliphatic heterocycles. The highest BCUT2D eigenvalue weighted by atomic mass is 32.2. The van der Waals surface area contributed by atoms with E-state index in [1.54, 1.807) is 0 Å². The minimum atomic E-state index is -0.186. The molecule has 0 aliphatic carbocycles. The smallest absolute Gasteiger partial charge is 0.286 e. The number of aliphatic imine (C=N–C) groups is 1. The van der Waals surface area contributed by atoms with E-state index in [0.717, 1.165) is 16.9 Å². The summed E-state index contributed by atoms with van der Waals surface area (Å²) in [4.78, 5) is 21.0. The molecule has 0 saturated heterocycles. The van der Waals surface area contributed by atoms with Gasteiger partial charge in [-0.1, -0.05) is 30.3 Å². The van der Waals surface area contributed by atoms with Gasteiger partial charge in [0, 0.05) is 32.5 Å². The quantitative estimate of drug-likeness (QED) is 0.797. The van der Waals surface area contributed by atoms with Gasteiger partial charge in [0.1, 0.15) is 0 Å². The maximum absolute atomic E-state index is 12.2. The van der Waals surface area contributed by atoms with Crippen molar-refractivity contribution in [2.75, 3.05) is 30.9 Å². The van der Waals surface area contributed by atoms with Crippen LogP contribution in [-0.4, -0.2) is 32.2 Å². The van der Waals surface area contributed by atoms with Crippen molar-refractivity contribution in [1.29, 1.82) is 0 Å². The Bertz CT molecular complexity index is 795. The molecular weight excluding hydrogens is 318 g/mol. The number of benzene rings is 2. The van der Waals surface area contributed by atoms with Gasteiger partial charge in [-0.15, -0.1) is 0 Å². The van der Waals surface area contributed by atoms with Crippen LogP contribution in [0.1, 0.15) is 5.56 Å². The Morgan fingerprint density at radius 1 is 0.917 bits per heavy atom. The SMILES string of the molecule is CN(C)c1ccc(/C=C2/SC(N(C)c3ccccc3)=NC2=O)cc1. The Kier molecular flexibility index (Phi) is 4.71. The molecule has 24 heavy (non-hydrogen) atoms. The highest BCUT2D eigenvalue weighted by Crippen LogP contribution is 2.31. The fraction of sp³-hybridized carbons (Fsp3) is 0.158. The molecule has 1 amide bonds. The molecule has 0 unspecified atom stereocenters. The lowest BCUT2D eigenvalue weighted by Crippen LogP contribution is -2.21. The van der Waals surface area contributed by atoms with Gasteiger partial charge in [0.05, 0.1) is 4.91 Å². The molecule has 4 nitrogen and oxygen atoms in total. The van der Waals surface area contributed by atoms with Crippen molar-refractivity contribution in [2.24, 2.45) is 4.99 Å². The molecule has 2 aromatic rings. The normalized spacial score (nSPS) is 15.5. The van der Waals surface area contributed by atoms with Gasteiger partial charge in [-0.3, -0.25) is 4.79 Å². The molecule has 122 valence electrons. The average molecular weight is 337 g/mol. The third-order valence-corrected chi connectivity index (χ3v) is 4.81. The second-order valence-electron chi connectivity index (χ2n) is 5.69. The third kappa shape index (κ3) is 3.51. The van der Waals surface area contributed by atoms with E-state index in [0.29, 0.717) is 10.1 Å². The molecule has 0 N–H and O–H groups in total. The van der Waals surface area contributed by atoms with Crippen LogP contribution in [0.5, 0.6) is 0 Å². The Morgan fingerprint density at radius 3 is 2.21 bits per heavy atom. The van der Waals surface area contributed by atoms with Gasteiger partial charge in [-0.2, -0.15) is 4.99 Å². The van der Waals surface area contributed by atoms with Gasteiger partial charge < -0.3 is 9.80 Å². The summed E-state index contributed by atoms with van der Waals surface area (Å²) >= 11 is 1.40. The van der Waals surface area contributed by atoms with E-state index in [2.05, 4.69) is 4.99 Å². The summed E-state index contributed by atoms with van der Waals surface area (Å²) < 4.78 is 0. The van der Waals surface area contributed by atoms with E-state index in [1.807, 2.05) is 91.6 Å². The Morgan fingerprint density at radius 2 is 1.58 bits per heavy atom. The predicted octanol–water partition coefficient (Wildman–Crippen LogP) is 3.86. The summed E-state index contributed by atoms with van der Waals surface area (Å²) in [6.45, 7) is 0. The summed E-state index contributed by atoms with van der Waals surface area (Å²) in [5, 5.41) is 0.697. The van der Waals surface area contributed by atoms with Crippen LogP contribution in [-0.2, 0) is 4.79 Å². The van der Waals surface area contributed by atoms with Gasteiger partial charge in [-0.25, -0.2) is 0 Å². The standard InChI is InChI=1S/C19H19N3OS/c1-21(2)15-11-9-14(10-12-15)13-17-18(23)20-19(24-17)22(3)16-7-5-4-6-8-16/h4-13H,1-3H3/b17-13+. The number of hydrogen-bond acceptors (Lipinski definition) is 4. The molecule has 5 heteroatoms. The molecule has 1 aliphatic rings. The number of carbonyl (C=O) groups is 1. The lowest BCUT2D eigenvalue weighted by atomic mass is 10.2. The van der Waals surface area contributed by atoms with Crippen LogP contribution in [0.25, 0.3) is 6.08 Å². The molecule has 2 aromatic carbocycles. The first-order valence-electron chi connectivity index (χ1n) is 7.63. The summed E-state index contributed by atoms with van der Waals surface area (Å²) in [6, 6.07) is 18.0. The summed E-state index contributed by atoms with van der Waals surface area (Å²) in [7, 11) is 5.93. The predicted molar refractivity (Wildman–Crippen MR) is 104 cm³/mol. The first kappa shape index (κ1) is 16.3. The number of anilines is 2. The molecule has 0 aromatic heterocycles. The van der Waals surface area contributed by atoms with E-state index in [9.17, 15) is 4.79 Å². The fourth-order valence-electron chi connectivity index (χ4n) is 2.32. The van der Waals surface area contributed by atoms with Crippen LogP contribution in [0.2, 0.25) is 0 Å². The van der Waals surface area contributed by atoms with Crippen molar-refractivity contribution in [3.63, 3.8) is 0 Å². The van der Waals surface area contributed by atoms with Gasteiger partial charge in [-0.05, 0) is 47.7 Å². The van der Waals surface area contributed by atoms with Crippen molar-refractivity contribution in [3.8, 4) is 0 Å². The minimum absolute atomic E-state index is 0.186. The Balaban J connectivity index is 1.77. The lowest BCUT2D eigenvalue weighted by Gasteiger charge is -2.17. The average Bonchev–Trinajstić information content (AvgIpc) is 2.96. The van der Waals surface area contributed by atoms with Crippen LogP contribution in [0.15, 0.2) is 64.5 Å². The molecule has 0 fully saturated rings. The summed E-state index contributed by atoms with van der Waals surface area (Å²) in [5.74, 6) is -0.186. The second-order valence-corrected chi connectivity index (χ2v) is 6.70. The molecular formula is C19H19N3OS. The number of para-hydroxylation sites is 1. The number of thioether (sulfide) groups is 1. The van der Waals surface area contributed by atoms with Crippen LogP contribution in [0, 0.1) is 0 Å². The van der Waals surface area contributed by atoms with E-state index < -0.39 is 0 Å². The van der Waals surface area contributed by atoms with Crippen molar-refractivity contribution in [3.05, 3.63) is 65.1 Å². The van der Waals surface area contributed by atoms with Crippen molar-refractivity contribution < 1.29 is 4.79 Å². The molecule has 3 rings (SSSR count). The number of hydrogen-bond donors (Lipinski definition) is 0. The number of rotatable bonds is 3. The topological polar surface area (TPSA) is 35.9 Å². The highest BCUT2D eigenvalue weighted by molar-refractivity contribution is 8.18. The lowest BCUT2D eigenvalue weighted by molar-refractivity contribution is -0.113. The number of carbonyl (C=O) groups excluding carboxylic acids is 1. The zero-order chi connectivity index (χ0) is 17.1. The highest BCUT2D eigenvalue weighted by Gasteiger charge is 2.25. The Labute approximate surface area is 146 Å². The summed E-state index contributed by atoms with van der Waals surface area (Å²) in [5.41, 5.74) is 3.13. The van der Waals surface area contributed by atoms with Gasteiger partial charge >= 0.3 is 0 Å². The van der Waals surface area contributed by atoms with Crippen LogP contribution in [0.4, 0.5) is 11.4 Å². The van der Waals surface area contributed by atoms with Gasteiger partial charge in [0.15, 0.2) is 5.17 Å². The Hall–Kier alpha value is -2.53. The zero-order valence-electron chi connectivity index (χ0n) is 13.9. The third-order valence-electron chi connectivity index (χ3n) is 3.75. The zero-order valence-corrected chi connectivity index (χ0v) is 14.7. The monoisotopic (exact) mass is 337 g/mol. The maximum atomic E-state index is 12.2. The van der Waals surface area contributed by atoms with E-state index in [1.165, 1.54) is 11.8 Å². The van der Waals surface area contributed by atoms with Crippen LogP contribution >= 0.6 is 11.8 Å². The van der Waals surface area contributed by atoms with Crippen molar-refractivity contribution in [1.82, 2.24) is 0 Å². The van der Waals surface area contributed by atoms with Crippen LogP contribution in [0.3, 0.4) is 0 Å². The van der Waals surface area contributed by atoms with Crippen molar-refractivity contribution >= 4 is 40.3 Å². The largest absolute Gasteiger partial charge is 0.378 e. The maximum Gasteiger partial charge on any atom is 0.286 e. The summed E-state index contributed by atoms with van der Waals surface area (Å²) in [6.07, 6.45) is 1.89. The molecule has 0 saturated carbocycles. The number of amides is 1. The van der Waals surface area contributed by atoms with E-state index >= 15 is 0 Å². The second kappa shape index (κ2) is 6.93. The fourth-order valence-corrected chi connectivity index (χ4v) is 3.22. The van der Waals surface area contributed by atoms with E-state index in [4.69, 9.17) is 0 Å². The van der Waals surface area contributed by atoms with Gasteiger partial charge in [0.2, 0.25) is 0 Å². The molecule has 1 heterocycles. The molecule has 0 spiro atoms. The number of amidine groups is 1. The minimum Gasteiger partial charge on any atom is -0.378 e. The first-order valence-corrected chi connectivity index (χ1v) is 8.45. The van der Waals surface area contributed by atoms with E-state index in [-0.39, 0.29) is 5.91 Å². The first-order chi connectivity index (χ1) is 11.5. The molecule has 0 bridgehead atoms. The van der Waals surface area contributed by atoms with Crippen LogP contribution < -0.4 is 9.80 Å². The number of nitrogens with zero attached hydrogens (tertiary/aromatic N) is 3. The molecule has 0 atom stereocenters.